The van der Waals surface area contributed by atoms with Gasteiger partial charge in [0, 0.05) is 25.2 Å². The Morgan fingerprint density at radius 2 is 2.14 bits per heavy atom. The van der Waals surface area contributed by atoms with Crippen LogP contribution in [0.4, 0.5) is 11.5 Å². The van der Waals surface area contributed by atoms with Crippen LogP contribution in [0.2, 0.25) is 0 Å². The molecular formula is C15H22N4O2. The summed E-state index contributed by atoms with van der Waals surface area (Å²) in [6, 6.07) is 2.31. The third-order valence-corrected chi connectivity index (χ3v) is 4.75. The smallest absolute Gasteiger partial charge is 0.287 e. The van der Waals surface area contributed by atoms with Gasteiger partial charge in [-0.2, -0.15) is 0 Å². The molecule has 1 aromatic heterocycles. The average Bonchev–Trinajstić information content (AvgIpc) is 3.01. The van der Waals surface area contributed by atoms with Gasteiger partial charge in [-0.15, -0.1) is 0 Å². The van der Waals surface area contributed by atoms with Gasteiger partial charge < -0.3 is 10.2 Å². The molecular weight excluding hydrogens is 268 g/mol. The first-order valence-electron chi connectivity index (χ1n) is 7.74. The van der Waals surface area contributed by atoms with Gasteiger partial charge in [-0.05, 0) is 50.6 Å². The van der Waals surface area contributed by atoms with E-state index in [0.29, 0.717) is 6.04 Å². The fraction of sp³-hybridized carbons (Fsp3) is 0.667. The molecule has 6 nitrogen and oxygen atoms in total. The Hall–Kier alpha value is -1.69. The van der Waals surface area contributed by atoms with Gasteiger partial charge in [0.05, 0.1) is 4.92 Å². The Morgan fingerprint density at radius 3 is 2.71 bits per heavy atom. The van der Waals surface area contributed by atoms with Crippen LogP contribution in [0.15, 0.2) is 12.3 Å². The van der Waals surface area contributed by atoms with Crippen molar-refractivity contribution in [2.45, 2.75) is 38.6 Å². The Kier molecular flexibility index (Phi) is 4.05. The predicted octanol–water partition coefficient (Wildman–Crippen LogP) is 2.27. The van der Waals surface area contributed by atoms with E-state index in [9.17, 15) is 10.1 Å². The zero-order valence-electron chi connectivity index (χ0n) is 12.4. The number of nitro groups is 1. The lowest BCUT2D eigenvalue weighted by Gasteiger charge is -2.36. The second kappa shape index (κ2) is 5.97. The number of nitrogens with one attached hydrogen (secondary N) is 1. The third kappa shape index (κ3) is 3.00. The summed E-state index contributed by atoms with van der Waals surface area (Å²) in [6.07, 6.45) is 6.33. The van der Waals surface area contributed by atoms with Crippen molar-refractivity contribution in [1.82, 2.24) is 10.3 Å². The Balaban J connectivity index is 1.65. The number of aromatic nitrogens is 1. The molecule has 21 heavy (non-hydrogen) atoms. The molecule has 2 fully saturated rings. The highest BCUT2D eigenvalue weighted by molar-refractivity contribution is 5.50. The van der Waals surface area contributed by atoms with Gasteiger partial charge in [0.2, 0.25) is 0 Å². The number of pyridine rings is 1. The van der Waals surface area contributed by atoms with Crippen LogP contribution in [0.5, 0.6) is 0 Å². The van der Waals surface area contributed by atoms with E-state index in [2.05, 4.69) is 15.2 Å². The zero-order chi connectivity index (χ0) is 14.8. The van der Waals surface area contributed by atoms with Crippen LogP contribution < -0.4 is 10.2 Å². The van der Waals surface area contributed by atoms with Gasteiger partial charge in [0.25, 0.3) is 5.69 Å². The van der Waals surface area contributed by atoms with E-state index in [1.165, 1.54) is 31.9 Å². The first-order valence-corrected chi connectivity index (χ1v) is 7.74. The number of piperidine rings is 1. The van der Waals surface area contributed by atoms with Crippen LogP contribution in [-0.2, 0) is 0 Å². The number of rotatable bonds is 3. The van der Waals surface area contributed by atoms with Crippen LogP contribution in [0, 0.1) is 23.0 Å². The maximum atomic E-state index is 10.8. The van der Waals surface area contributed by atoms with E-state index in [1.807, 2.05) is 6.92 Å². The van der Waals surface area contributed by atoms with E-state index in [-0.39, 0.29) is 10.6 Å². The lowest BCUT2D eigenvalue weighted by molar-refractivity contribution is -0.385. The third-order valence-electron chi connectivity index (χ3n) is 4.75. The maximum Gasteiger partial charge on any atom is 0.287 e. The van der Waals surface area contributed by atoms with Gasteiger partial charge in [-0.1, -0.05) is 0 Å². The highest BCUT2D eigenvalue weighted by atomic mass is 16.6. The van der Waals surface area contributed by atoms with Gasteiger partial charge in [-0.3, -0.25) is 10.1 Å². The van der Waals surface area contributed by atoms with Crippen molar-refractivity contribution in [2.75, 3.05) is 24.5 Å². The summed E-state index contributed by atoms with van der Waals surface area (Å²) in [5.74, 6) is 1.67. The number of hydrogen-bond donors (Lipinski definition) is 1. The summed E-state index contributed by atoms with van der Waals surface area (Å²) in [5.41, 5.74) is 0.961. The van der Waals surface area contributed by atoms with Crippen LogP contribution >= 0.6 is 0 Å². The summed E-state index contributed by atoms with van der Waals surface area (Å²) in [4.78, 5) is 17.0. The second-order valence-electron chi connectivity index (χ2n) is 6.12. The summed E-state index contributed by atoms with van der Waals surface area (Å²) >= 11 is 0. The molecule has 1 N–H and O–H groups in total. The topological polar surface area (TPSA) is 71.3 Å². The van der Waals surface area contributed by atoms with E-state index in [4.69, 9.17) is 0 Å². The molecule has 1 unspecified atom stereocenters. The molecule has 2 aliphatic rings. The summed E-state index contributed by atoms with van der Waals surface area (Å²) < 4.78 is 0. The van der Waals surface area contributed by atoms with Gasteiger partial charge in [-0.25, -0.2) is 4.98 Å². The largest absolute Gasteiger partial charge is 0.356 e. The van der Waals surface area contributed by atoms with Gasteiger partial charge in [0.1, 0.15) is 12.0 Å². The van der Waals surface area contributed by atoms with Crippen molar-refractivity contribution in [3.8, 4) is 0 Å². The van der Waals surface area contributed by atoms with Gasteiger partial charge >= 0.3 is 0 Å². The predicted molar refractivity (Wildman–Crippen MR) is 81.6 cm³/mol. The van der Waals surface area contributed by atoms with E-state index in [0.717, 1.165) is 36.9 Å². The number of anilines is 1. The summed E-state index contributed by atoms with van der Waals surface area (Å²) in [6.45, 7) is 5.05. The molecule has 0 amide bonds. The normalized spacial score (nSPS) is 23.5. The highest BCUT2D eigenvalue weighted by Crippen LogP contribution is 2.29. The molecule has 3 heterocycles. The Labute approximate surface area is 124 Å². The van der Waals surface area contributed by atoms with Crippen LogP contribution in [0.3, 0.4) is 0 Å². The Bertz CT molecular complexity index is 520. The number of hydrogen-bond acceptors (Lipinski definition) is 5. The van der Waals surface area contributed by atoms with Crippen LogP contribution in [-0.4, -0.2) is 35.6 Å². The molecule has 0 radical (unpaired) electrons. The fourth-order valence-electron chi connectivity index (χ4n) is 3.61. The molecule has 1 atom stereocenters. The van der Waals surface area contributed by atoms with Crippen molar-refractivity contribution in [1.29, 1.82) is 0 Å². The standard InChI is InChI=1S/C15H22N4O2/c1-11-9-13(19(20)21)10-17-15(11)18-7-4-12(5-8-18)14-3-2-6-16-14/h9-10,12,14,16H,2-8H2,1H3. The first kappa shape index (κ1) is 14.3. The molecule has 2 saturated heterocycles. The van der Waals surface area contributed by atoms with E-state index >= 15 is 0 Å². The van der Waals surface area contributed by atoms with Gasteiger partial charge in [0.15, 0.2) is 0 Å². The first-order chi connectivity index (χ1) is 10.1. The highest BCUT2D eigenvalue weighted by Gasteiger charge is 2.29. The quantitative estimate of drug-likeness (QED) is 0.683. The van der Waals surface area contributed by atoms with Crippen molar-refractivity contribution >= 4 is 11.5 Å². The Morgan fingerprint density at radius 1 is 1.38 bits per heavy atom. The summed E-state index contributed by atoms with van der Waals surface area (Å²) in [5, 5.41) is 14.4. The van der Waals surface area contributed by atoms with Crippen LogP contribution in [0.1, 0.15) is 31.2 Å². The molecule has 0 bridgehead atoms. The molecule has 3 rings (SSSR count). The van der Waals surface area contributed by atoms with Crippen LogP contribution in [0.25, 0.3) is 0 Å². The van der Waals surface area contributed by atoms with Crippen molar-refractivity contribution in [3.05, 3.63) is 27.9 Å². The molecule has 0 saturated carbocycles. The lowest BCUT2D eigenvalue weighted by atomic mass is 9.88. The maximum absolute atomic E-state index is 10.8. The van der Waals surface area contributed by atoms with Crippen molar-refractivity contribution in [3.63, 3.8) is 0 Å². The molecule has 6 heteroatoms. The van der Waals surface area contributed by atoms with Crippen molar-refractivity contribution < 1.29 is 4.92 Å². The molecule has 0 spiro atoms. The fourth-order valence-corrected chi connectivity index (χ4v) is 3.61. The average molecular weight is 290 g/mol. The SMILES string of the molecule is Cc1cc([N+](=O)[O-])cnc1N1CCC(C2CCCN2)CC1. The monoisotopic (exact) mass is 290 g/mol. The number of nitrogens with zero attached hydrogens (tertiary/aromatic N) is 3. The van der Waals surface area contributed by atoms with Crippen molar-refractivity contribution in [2.24, 2.45) is 5.92 Å². The lowest BCUT2D eigenvalue weighted by Crippen LogP contribution is -2.41. The number of aryl methyl sites for hydroxylation is 1. The second-order valence-corrected chi connectivity index (χ2v) is 6.12. The minimum Gasteiger partial charge on any atom is -0.356 e. The molecule has 2 aliphatic heterocycles. The molecule has 0 aliphatic carbocycles. The molecule has 1 aromatic rings. The van der Waals surface area contributed by atoms with E-state index < -0.39 is 0 Å². The molecule has 114 valence electrons. The molecule has 0 aromatic carbocycles. The van der Waals surface area contributed by atoms with E-state index in [1.54, 1.807) is 6.07 Å². The minimum absolute atomic E-state index is 0.0706. The zero-order valence-corrected chi connectivity index (χ0v) is 12.4. The summed E-state index contributed by atoms with van der Waals surface area (Å²) in [7, 11) is 0. The minimum atomic E-state index is -0.387.